The molecule has 22 heavy (non-hydrogen) atoms. The van der Waals surface area contributed by atoms with Gasteiger partial charge in [0.05, 0.1) is 12.1 Å². The number of carbonyl (C=O) groups is 1. The molecular weight excluding hydrogens is 296 g/mol. The molecule has 1 aliphatic rings. The first-order valence-corrected chi connectivity index (χ1v) is 8.45. The van der Waals surface area contributed by atoms with Gasteiger partial charge in [0.15, 0.2) is 0 Å². The summed E-state index contributed by atoms with van der Waals surface area (Å²) in [7, 11) is 0. The van der Waals surface area contributed by atoms with Gasteiger partial charge in [0, 0.05) is 18.0 Å². The minimum atomic E-state index is 0.222. The maximum absolute atomic E-state index is 12.2. The van der Waals surface area contributed by atoms with E-state index in [-0.39, 0.29) is 5.91 Å². The molecule has 0 saturated carbocycles. The van der Waals surface area contributed by atoms with E-state index in [1.165, 1.54) is 0 Å². The second-order valence-electron chi connectivity index (χ2n) is 5.48. The van der Waals surface area contributed by atoms with E-state index in [1.54, 1.807) is 11.3 Å². The fourth-order valence-electron chi connectivity index (χ4n) is 2.59. The average Bonchev–Trinajstić information content (AvgIpc) is 3.17. The minimum Gasteiger partial charge on any atom is -0.486 e. The van der Waals surface area contributed by atoms with Crippen LogP contribution in [0.4, 0.5) is 0 Å². The van der Waals surface area contributed by atoms with Crippen molar-refractivity contribution in [2.45, 2.75) is 32.8 Å². The van der Waals surface area contributed by atoms with Crippen LogP contribution in [-0.2, 0) is 17.8 Å². The first kappa shape index (κ1) is 15.0. The molecule has 5 heteroatoms. The van der Waals surface area contributed by atoms with Crippen LogP contribution in [0.3, 0.4) is 0 Å². The zero-order valence-corrected chi connectivity index (χ0v) is 13.6. The van der Waals surface area contributed by atoms with E-state index in [2.05, 4.69) is 4.98 Å². The monoisotopic (exact) mass is 316 g/mol. The van der Waals surface area contributed by atoms with Crippen LogP contribution in [0.5, 0.6) is 5.75 Å². The number of rotatable bonds is 5. The van der Waals surface area contributed by atoms with Gasteiger partial charge in [-0.15, -0.1) is 11.3 Å². The Balaban J connectivity index is 1.59. The first-order chi connectivity index (χ1) is 10.7. The van der Waals surface area contributed by atoms with Crippen molar-refractivity contribution in [3.8, 4) is 5.75 Å². The lowest BCUT2D eigenvalue weighted by Crippen LogP contribution is -2.28. The van der Waals surface area contributed by atoms with Crippen molar-refractivity contribution in [1.29, 1.82) is 0 Å². The molecule has 0 bridgehead atoms. The summed E-state index contributed by atoms with van der Waals surface area (Å²) in [6.45, 7) is 4.23. The molecule has 1 aliphatic heterocycles. The van der Waals surface area contributed by atoms with Crippen LogP contribution >= 0.6 is 11.3 Å². The lowest BCUT2D eigenvalue weighted by atomic mass is 10.3. The van der Waals surface area contributed by atoms with Gasteiger partial charge in [-0.1, -0.05) is 18.2 Å². The van der Waals surface area contributed by atoms with Crippen molar-refractivity contribution in [2.75, 3.05) is 13.1 Å². The third-order valence-electron chi connectivity index (χ3n) is 3.81. The van der Waals surface area contributed by atoms with E-state index in [0.717, 1.165) is 47.3 Å². The summed E-state index contributed by atoms with van der Waals surface area (Å²) in [6, 6.07) is 9.71. The molecule has 1 aromatic carbocycles. The van der Waals surface area contributed by atoms with Crippen molar-refractivity contribution >= 4 is 17.2 Å². The topological polar surface area (TPSA) is 42.4 Å². The second-order valence-corrected chi connectivity index (χ2v) is 6.65. The van der Waals surface area contributed by atoms with Crippen LogP contribution in [0.15, 0.2) is 30.3 Å². The molecule has 3 rings (SSSR count). The van der Waals surface area contributed by atoms with Crippen molar-refractivity contribution in [3.63, 3.8) is 0 Å². The number of carbonyl (C=O) groups excluding carboxylic acids is 1. The van der Waals surface area contributed by atoms with E-state index in [4.69, 9.17) is 4.74 Å². The van der Waals surface area contributed by atoms with Gasteiger partial charge in [0.1, 0.15) is 17.4 Å². The van der Waals surface area contributed by atoms with Gasteiger partial charge in [-0.3, -0.25) is 4.79 Å². The summed E-state index contributed by atoms with van der Waals surface area (Å²) in [5.74, 6) is 1.06. The predicted octanol–water partition coefficient (Wildman–Crippen LogP) is 3.20. The zero-order chi connectivity index (χ0) is 15.4. The molecular formula is C17H20N2O2S. The third kappa shape index (κ3) is 3.65. The van der Waals surface area contributed by atoms with Crippen molar-refractivity contribution in [3.05, 3.63) is 45.9 Å². The lowest BCUT2D eigenvalue weighted by Gasteiger charge is -2.14. The van der Waals surface area contributed by atoms with Gasteiger partial charge in [-0.25, -0.2) is 4.98 Å². The highest BCUT2D eigenvalue weighted by atomic mass is 32.1. The number of para-hydroxylation sites is 1. The second kappa shape index (κ2) is 6.92. The van der Waals surface area contributed by atoms with Gasteiger partial charge in [-0.05, 0) is 31.9 Å². The van der Waals surface area contributed by atoms with Crippen LogP contribution in [0.2, 0.25) is 0 Å². The number of aryl methyl sites for hydroxylation is 1. The Morgan fingerprint density at radius 1 is 1.27 bits per heavy atom. The van der Waals surface area contributed by atoms with E-state index >= 15 is 0 Å². The summed E-state index contributed by atoms with van der Waals surface area (Å²) in [4.78, 5) is 19.8. The Labute approximate surface area is 134 Å². The molecule has 2 aromatic rings. The largest absolute Gasteiger partial charge is 0.486 e. The van der Waals surface area contributed by atoms with Crippen LogP contribution in [0.25, 0.3) is 0 Å². The standard InChI is InChI=1S/C17H20N2O2S/c1-13-15(11-17(20)19-9-5-6-10-19)22-16(18-13)12-21-14-7-3-2-4-8-14/h2-4,7-8H,5-6,9-12H2,1H3. The molecule has 0 N–H and O–H groups in total. The van der Waals surface area contributed by atoms with Crippen LogP contribution in [0, 0.1) is 6.92 Å². The fraction of sp³-hybridized carbons (Fsp3) is 0.412. The number of amides is 1. The number of hydrogen-bond donors (Lipinski definition) is 0. The molecule has 1 saturated heterocycles. The molecule has 0 unspecified atom stereocenters. The Kier molecular flexibility index (Phi) is 4.73. The quantitative estimate of drug-likeness (QED) is 0.851. The Hall–Kier alpha value is -1.88. The maximum Gasteiger partial charge on any atom is 0.227 e. The van der Waals surface area contributed by atoms with Gasteiger partial charge >= 0.3 is 0 Å². The van der Waals surface area contributed by atoms with E-state index < -0.39 is 0 Å². The Morgan fingerprint density at radius 3 is 2.73 bits per heavy atom. The highest BCUT2D eigenvalue weighted by Crippen LogP contribution is 2.22. The molecule has 0 radical (unpaired) electrons. The molecule has 0 spiro atoms. The van der Waals surface area contributed by atoms with E-state index in [0.29, 0.717) is 13.0 Å². The molecule has 0 atom stereocenters. The first-order valence-electron chi connectivity index (χ1n) is 7.63. The highest BCUT2D eigenvalue weighted by molar-refractivity contribution is 7.11. The van der Waals surface area contributed by atoms with Crippen LogP contribution in [-0.4, -0.2) is 28.9 Å². The van der Waals surface area contributed by atoms with Gasteiger partial charge < -0.3 is 9.64 Å². The van der Waals surface area contributed by atoms with Crippen LogP contribution < -0.4 is 4.74 Å². The minimum absolute atomic E-state index is 0.222. The number of ether oxygens (including phenoxy) is 1. The van der Waals surface area contributed by atoms with Crippen LogP contribution in [0.1, 0.15) is 28.4 Å². The molecule has 116 valence electrons. The predicted molar refractivity (Wildman–Crippen MR) is 87.1 cm³/mol. The van der Waals surface area contributed by atoms with Crippen molar-refractivity contribution in [2.24, 2.45) is 0 Å². The van der Waals surface area contributed by atoms with E-state index in [1.807, 2.05) is 42.2 Å². The number of nitrogens with zero attached hydrogens (tertiary/aromatic N) is 2. The number of benzene rings is 1. The summed E-state index contributed by atoms with van der Waals surface area (Å²) in [5.41, 5.74) is 0.948. The number of thiazole rings is 1. The number of hydrogen-bond acceptors (Lipinski definition) is 4. The van der Waals surface area contributed by atoms with E-state index in [9.17, 15) is 4.79 Å². The Morgan fingerprint density at radius 2 is 2.00 bits per heavy atom. The number of likely N-dealkylation sites (tertiary alicyclic amines) is 1. The molecule has 1 fully saturated rings. The summed E-state index contributed by atoms with van der Waals surface area (Å²) >= 11 is 1.58. The summed E-state index contributed by atoms with van der Waals surface area (Å²) in [6.07, 6.45) is 2.72. The van der Waals surface area contributed by atoms with Gasteiger partial charge in [-0.2, -0.15) is 0 Å². The van der Waals surface area contributed by atoms with Crippen molar-refractivity contribution < 1.29 is 9.53 Å². The zero-order valence-electron chi connectivity index (χ0n) is 12.7. The SMILES string of the molecule is Cc1nc(COc2ccccc2)sc1CC(=O)N1CCCC1. The molecule has 4 nitrogen and oxygen atoms in total. The molecule has 1 aromatic heterocycles. The molecule has 2 heterocycles. The summed E-state index contributed by atoms with van der Waals surface area (Å²) in [5, 5.41) is 0.922. The Bertz CT molecular complexity index is 633. The lowest BCUT2D eigenvalue weighted by molar-refractivity contribution is -0.129. The normalized spacial score (nSPS) is 14.3. The molecule has 0 aliphatic carbocycles. The maximum atomic E-state index is 12.2. The van der Waals surface area contributed by atoms with Gasteiger partial charge in [0.25, 0.3) is 0 Å². The third-order valence-corrected chi connectivity index (χ3v) is 4.94. The number of aromatic nitrogens is 1. The summed E-state index contributed by atoms with van der Waals surface area (Å²) < 4.78 is 5.72. The van der Waals surface area contributed by atoms with Gasteiger partial charge in [0.2, 0.25) is 5.91 Å². The fourth-order valence-corrected chi connectivity index (χ4v) is 3.57. The van der Waals surface area contributed by atoms with Crippen molar-refractivity contribution in [1.82, 2.24) is 9.88 Å². The highest BCUT2D eigenvalue weighted by Gasteiger charge is 2.20. The average molecular weight is 316 g/mol. The molecule has 1 amide bonds. The smallest absolute Gasteiger partial charge is 0.227 e.